The molecule has 1 fully saturated rings. The Bertz CT molecular complexity index is 941. The lowest BCUT2D eigenvalue weighted by Crippen LogP contribution is -2.32. The summed E-state index contributed by atoms with van der Waals surface area (Å²) < 4.78 is 6.97. The Morgan fingerprint density at radius 3 is 2.81 bits per heavy atom. The first-order valence-corrected chi connectivity index (χ1v) is 8.60. The third-order valence-corrected chi connectivity index (χ3v) is 4.80. The lowest BCUT2D eigenvalue weighted by molar-refractivity contribution is 0.0716. The highest BCUT2D eigenvalue weighted by Gasteiger charge is 2.33. The van der Waals surface area contributed by atoms with Gasteiger partial charge >= 0.3 is 0 Å². The van der Waals surface area contributed by atoms with E-state index in [1.54, 1.807) is 23.2 Å². The Balaban J connectivity index is 1.68. The maximum atomic E-state index is 12.9. The maximum Gasteiger partial charge on any atom is 0.290 e. The molecule has 0 saturated carbocycles. The monoisotopic (exact) mass is 352 g/mol. The van der Waals surface area contributed by atoms with E-state index in [4.69, 9.17) is 9.51 Å². The Labute approximate surface area is 150 Å². The van der Waals surface area contributed by atoms with E-state index in [-0.39, 0.29) is 11.9 Å². The van der Waals surface area contributed by atoms with E-state index in [2.05, 4.69) is 15.1 Å². The molecular weight excluding hydrogens is 332 g/mol. The van der Waals surface area contributed by atoms with Crippen LogP contribution in [0, 0.1) is 13.8 Å². The number of hydrogen-bond acceptors (Lipinski definition) is 6. The number of aromatic nitrogens is 5. The third-order valence-electron chi connectivity index (χ3n) is 4.80. The number of nitrogens with zero attached hydrogens (tertiary/aromatic N) is 6. The first-order valence-electron chi connectivity index (χ1n) is 8.60. The van der Waals surface area contributed by atoms with E-state index in [1.165, 1.54) is 0 Å². The first kappa shape index (κ1) is 16.4. The Morgan fingerprint density at radius 1 is 1.27 bits per heavy atom. The molecule has 4 heterocycles. The number of carbonyl (C=O) groups excluding carboxylic acids is 1. The fourth-order valence-electron chi connectivity index (χ4n) is 3.50. The van der Waals surface area contributed by atoms with Crippen molar-refractivity contribution in [1.29, 1.82) is 0 Å². The molecule has 1 unspecified atom stereocenters. The summed E-state index contributed by atoms with van der Waals surface area (Å²) >= 11 is 0. The largest absolute Gasteiger partial charge is 0.361 e. The molecule has 0 N–H and O–H groups in total. The van der Waals surface area contributed by atoms with Crippen LogP contribution in [-0.2, 0) is 7.05 Å². The van der Waals surface area contributed by atoms with Gasteiger partial charge in [-0.3, -0.25) is 4.79 Å². The van der Waals surface area contributed by atoms with E-state index >= 15 is 0 Å². The summed E-state index contributed by atoms with van der Waals surface area (Å²) in [6.07, 6.45) is 6.95. The molecule has 134 valence electrons. The number of hydrogen-bond donors (Lipinski definition) is 0. The Hall–Kier alpha value is -3.03. The highest BCUT2D eigenvalue weighted by molar-refractivity contribution is 5.91. The van der Waals surface area contributed by atoms with Crippen molar-refractivity contribution in [1.82, 2.24) is 29.6 Å². The van der Waals surface area contributed by atoms with Gasteiger partial charge in [0.15, 0.2) is 11.6 Å². The summed E-state index contributed by atoms with van der Waals surface area (Å²) in [5.74, 6) is 1.64. The zero-order valence-corrected chi connectivity index (χ0v) is 15.0. The van der Waals surface area contributed by atoms with Crippen LogP contribution in [-0.4, -0.2) is 42.0 Å². The average Bonchev–Trinajstić information content (AvgIpc) is 3.35. The zero-order chi connectivity index (χ0) is 18.3. The SMILES string of the molecule is Cc1noc(C)c1-c1nccc(C2CCCN2C(=O)c2nccn2C)n1. The molecule has 8 heteroatoms. The Morgan fingerprint density at radius 2 is 2.12 bits per heavy atom. The minimum Gasteiger partial charge on any atom is -0.361 e. The highest BCUT2D eigenvalue weighted by atomic mass is 16.5. The van der Waals surface area contributed by atoms with Gasteiger partial charge in [0, 0.05) is 32.2 Å². The summed E-state index contributed by atoms with van der Waals surface area (Å²) in [5.41, 5.74) is 2.40. The molecule has 1 amide bonds. The number of rotatable bonds is 3. The van der Waals surface area contributed by atoms with Crippen molar-refractivity contribution in [2.75, 3.05) is 6.54 Å². The second-order valence-electron chi connectivity index (χ2n) is 6.52. The number of carbonyl (C=O) groups is 1. The molecule has 26 heavy (non-hydrogen) atoms. The van der Waals surface area contributed by atoms with Crippen LogP contribution in [0.5, 0.6) is 0 Å². The van der Waals surface area contributed by atoms with Crippen molar-refractivity contribution in [3.8, 4) is 11.4 Å². The molecule has 3 aromatic heterocycles. The number of imidazole rings is 1. The van der Waals surface area contributed by atoms with Crippen LogP contribution in [0.15, 0.2) is 29.2 Å². The molecule has 8 nitrogen and oxygen atoms in total. The fourth-order valence-corrected chi connectivity index (χ4v) is 3.50. The van der Waals surface area contributed by atoms with Crippen LogP contribution in [0.1, 0.15) is 46.7 Å². The van der Waals surface area contributed by atoms with Crippen molar-refractivity contribution in [3.05, 3.63) is 47.6 Å². The van der Waals surface area contributed by atoms with Gasteiger partial charge in [-0.25, -0.2) is 15.0 Å². The first-order chi connectivity index (χ1) is 12.6. The standard InChI is InChI=1S/C18H20N6O2/c1-11-15(12(2)26-22-11)16-19-7-6-13(21-16)14-5-4-9-24(14)18(25)17-20-8-10-23(17)3/h6-8,10,14H,4-5,9H2,1-3H3. The van der Waals surface area contributed by atoms with Crippen LogP contribution in [0.3, 0.4) is 0 Å². The minimum atomic E-state index is -0.0820. The zero-order valence-electron chi connectivity index (χ0n) is 15.0. The van der Waals surface area contributed by atoms with Gasteiger partial charge in [0.2, 0.25) is 0 Å². The van der Waals surface area contributed by atoms with E-state index in [0.29, 0.717) is 24.0 Å². The normalized spacial score (nSPS) is 17.0. The fraction of sp³-hybridized carbons (Fsp3) is 0.389. The molecule has 0 aromatic carbocycles. The third kappa shape index (κ3) is 2.67. The second kappa shape index (κ2) is 6.36. The van der Waals surface area contributed by atoms with E-state index < -0.39 is 0 Å². The number of likely N-dealkylation sites (tertiary alicyclic amines) is 1. The summed E-state index contributed by atoms with van der Waals surface area (Å²) in [4.78, 5) is 28.0. The molecule has 0 radical (unpaired) electrons. The van der Waals surface area contributed by atoms with Crippen LogP contribution < -0.4 is 0 Å². The molecular formula is C18H20N6O2. The number of aryl methyl sites for hydroxylation is 3. The van der Waals surface area contributed by atoms with Gasteiger partial charge in [0.05, 0.1) is 23.0 Å². The molecule has 0 bridgehead atoms. The molecule has 1 saturated heterocycles. The van der Waals surface area contributed by atoms with E-state index in [9.17, 15) is 4.79 Å². The lowest BCUT2D eigenvalue weighted by Gasteiger charge is -2.24. The van der Waals surface area contributed by atoms with Crippen molar-refractivity contribution >= 4 is 5.91 Å². The van der Waals surface area contributed by atoms with Crippen molar-refractivity contribution in [3.63, 3.8) is 0 Å². The van der Waals surface area contributed by atoms with Gasteiger partial charge in [-0.2, -0.15) is 0 Å². The number of amides is 1. The van der Waals surface area contributed by atoms with E-state index in [1.807, 2.05) is 31.9 Å². The molecule has 3 aromatic rings. The quantitative estimate of drug-likeness (QED) is 0.719. The summed E-state index contributed by atoms with van der Waals surface area (Å²) in [6, 6.07) is 1.79. The second-order valence-corrected chi connectivity index (χ2v) is 6.52. The van der Waals surface area contributed by atoms with Gasteiger partial charge in [0.25, 0.3) is 5.91 Å². The average molecular weight is 352 g/mol. The summed E-state index contributed by atoms with van der Waals surface area (Å²) in [7, 11) is 1.82. The van der Waals surface area contributed by atoms with Gasteiger partial charge in [0.1, 0.15) is 5.76 Å². The molecule has 1 atom stereocenters. The van der Waals surface area contributed by atoms with Crippen LogP contribution in [0.2, 0.25) is 0 Å². The molecule has 1 aliphatic rings. The van der Waals surface area contributed by atoms with Gasteiger partial charge < -0.3 is 14.0 Å². The topological polar surface area (TPSA) is 89.9 Å². The molecule has 4 rings (SSSR count). The van der Waals surface area contributed by atoms with Crippen LogP contribution in [0.4, 0.5) is 0 Å². The minimum absolute atomic E-state index is 0.0718. The van der Waals surface area contributed by atoms with Crippen LogP contribution >= 0.6 is 0 Å². The smallest absolute Gasteiger partial charge is 0.290 e. The van der Waals surface area contributed by atoms with Gasteiger partial charge in [-0.05, 0) is 32.8 Å². The lowest BCUT2D eigenvalue weighted by atomic mass is 10.1. The van der Waals surface area contributed by atoms with Crippen molar-refractivity contribution in [2.24, 2.45) is 7.05 Å². The van der Waals surface area contributed by atoms with E-state index in [0.717, 1.165) is 29.8 Å². The van der Waals surface area contributed by atoms with Crippen molar-refractivity contribution < 1.29 is 9.32 Å². The molecule has 0 spiro atoms. The predicted octanol–water partition coefficient (Wildman–Crippen LogP) is 2.46. The van der Waals surface area contributed by atoms with Gasteiger partial charge in [-0.1, -0.05) is 5.16 Å². The van der Waals surface area contributed by atoms with Gasteiger partial charge in [-0.15, -0.1) is 0 Å². The van der Waals surface area contributed by atoms with Crippen LogP contribution in [0.25, 0.3) is 11.4 Å². The Kier molecular flexibility index (Phi) is 4.02. The predicted molar refractivity (Wildman–Crippen MR) is 93.2 cm³/mol. The molecule has 0 aliphatic carbocycles. The summed E-state index contributed by atoms with van der Waals surface area (Å²) in [6.45, 7) is 4.41. The maximum absolute atomic E-state index is 12.9. The molecule has 1 aliphatic heterocycles. The van der Waals surface area contributed by atoms with Crippen molar-refractivity contribution in [2.45, 2.75) is 32.7 Å². The highest BCUT2D eigenvalue weighted by Crippen LogP contribution is 2.33. The summed E-state index contributed by atoms with van der Waals surface area (Å²) in [5, 5.41) is 3.98.